The van der Waals surface area contributed by atoms with Crippen LogP contribution in [-0.2, 0) is 27.2 Å². The molecule has 1 aliphatic carbocycles. The molecule has 8 nitrogen and oxygen atoms in total. The second kappa shape index (κ2) is 17.8. The third kappa shape index (κ3) is 9.70. The maximum absolute atomic E-state index is 13.7. The first-order chi connectivity index (χ1) is 24.2. The molecule has 50 heavy (non-hydrogen) atoms. The van der Waals surface area contributed by atoms with Crippen LogP contribution in [0.2, 0.25) is 0 Å². The van der Waals surface area contributed by atoms with Gasteiger partial charge in [0.25, 0.3) is 11.8 Å². The van der Waals surface area contributed by atoms with Crippen molar-refractivity contribution < 1.29 is 28.3 Å². The molecule has 0 radical (unpaired) electrons. The summed E-state index contributed by atoms with van der Waals surface area (Å²) in [6.07, 6.45) is 7.96. The molecule has 0 saturated heterocycles. The van der Waals surface area contributed by atoms with Crippen molar-refractivity contribution in [3.8, 4) is 0 Å². The van der Waals surface area contributed by atoms with Crippen molar-refractivity contribution in [2.24, 2.45) is 0 Å². The largest absolute Gasteiger partial charge is 0.462 e. The van der Waals surface area contributed by atoms with Crippen LogP contribution in [0.4, 0.5) is 15.1 Å². The highest BCUT2D eigenvalue weighted by Gasteiger charge is 2.28. The number of carbonyl (C=O) groups is 4. The lowest BCUT2D eigenvalue weighted by Gasteiger charge is -2.16. The minimum absolute atomic E-state index is 0.0308. The number of benzene rings is 3. The Morgan fingerprint density at radius 3 is 2.36 bits per heavy atom. The maximum atomic E-state index is 13.7. The highest BCUT2D eigenvalue weighted by molar-refractivity contribution is 8.00. The fourth-order valence-electron chi connectivity index (χ4n) is 5.62. The summed E-state index contributed by atoms with van der Waals surface area (Å²) in [5, 5.41) is 8.63. The van der Waals surface area contributed by atoms with Gasteiger partial charge in [0, 0.05) is 21.0 Å². The quantitative estimate of drug-likeness (QED) is 0.0770. The zero-order chi connectivity index (χ0) is 35.5. The van der Waals surface area contributed by atoms with Crippen molar-refractivity contribution >= 4 is 63.6 Å². The lowest BCUT2D eigenvalue weighted by molar-refractivity contribution is -0.116. The van der Waals surface area contributed by atoms with Gasteiger partial charge in [0.05, 0.1) is 17.4 Å². The average Bonchev–Trinajstić information content (AvgIpc) is 3.43. The SMILES string of the molecule is CCOC(=O)c1c(NC(=O)C(CC)Sc2cccc(NC(=O)/C(=C\c3ccc(F)cc3)NC(=O)c3ccccc3)c2)sc2c1CCCCCC2. The summed E-state index contributed by atoms with van der Waals surface area (Å²) >= 11 is 2.82. The Morgan fingerprint density at radius 1 is 0.900 bits per heavy atom. The first-order valence-electron chi connectivity index (χ1n) is 16.8. The number of thioether (sulfide) groups is 1. The fraction of sp³-hybridized carbons (Fsp3) is 0.282. The van der Waals surface area contributed by atoms with Gasteiger partial charge in [0.15, 0.2) is 0 Å². The Kier molecular flexibility index (Phi) is 13.0. The first-order valence-corrected chi connectivity index (χ1v) is 18.5. The number of anilines is 2. The van der Waals surface area contributed by atoms with Crippen LogP contribution in [0, 0.1) is 5.82 Å². The minimum Gasteiger partial charge on any atom is -0.462 e. The molecular weight excluding hydrogens is 674 g/mol. The molecular formula is C39H40FN3O5S2. The molecule has 4 aromatic rings. The van der Waals surface area contributed by atoms with E-state index in [1.54, 1.807) is 55.5 Å². The molecule has 1 atom stereocenters. The molecule has 0 saturated carbocycles. The predicted molar refractivity (Wildman–Crippen MR) is 198 cm³/mol. The second-order valence-corrected chi connectivity index (χ2v) is 14.1. The van der Waals surface area contributed by atoms with E-state index >= 15 is 0 Å². The van der Waals surface area contributed by atoms with Crippen LogP contribution in [-0.4, -0.2) is 35.5 Å². The zero-order valence-electron chi connectivity index (χ0n) is 28.1. The summed E-state index contributed by atoms with van der Waals surface area (Å²) in [6, 6.07) is 21.2. The van der Waals surface area contributed by atoms with Crippen molar-refractivity contribution in [3.63, 3.8) is 0 Å². The normalized spacial score (nSPS) is 13.6. The van der Waals surface area contributed by atoms with E-state index in [-0.39, 0.29) is 18.2 Å². The molecule has 260 valence electrons. The molecule has 3 N–H and O–H groups in total. The Labute approximate surface area is 299 Å². The van der Waals surface area contributed by atoms with E-state index < -0.39 is 28.9 Å². The number of ether oxygens (including phenoxy) is 1. The summed E-state index contributed by atoms with van der Waals surface area (Å²) in [4.78, 5) is 55.2. The van der Waals surface area contributed by atoms with Crippen molar-refractivity contribution in [3.05, 3.63) is 118 Å². The minimum atomic E-state index is -0.578. The Bertz CT molecular complexity index is 1860. The molecule has 5 rings (SSSR count). The van der Waals surface area contributed by atoms with Gasteiger partial charge in [-0.25, -0.2) is 9.18 Å². The van der Waals surface area contributed by atoms with Crippen LogP contribution >= 0.6 is 23.1 Å². The van der Waals surface area contributed by atoms with Crippen molar-refractivity contribution in [2.75, 3.05) is 17.2 Å². The zero-order valence-corrected chi connectivity index (χ0v) is 29.7. The molecule has 11 heteroatoms. The monoisotopic (exact) mass is 713 g/mol. The van der Waals surface area contributed by atoms with Crippen LogP contribution in [0.25, 0.3) is 6.08 Å². The molecule has 0 spiro atoms. The fourth-order valence-corrected chi connectivity index (χ4v) is 7.91. The maximum Gasteiger partial charge on any atom is 0.341 e. The van der Waals surface area contributed by atoms with E-state index in [1.165, 1.54) is 53.4 Å². The van der Waals surface area contributed by atoms with Gasteiger partial charge in [-0.15, -0.1) is 23.1 Å². The lowest BCUT2D eigenvalue weighted by Crippen LogP contribution is -2.30. The first kappa shape index (κ1) is 36.5. The van der Waals surface area contributed by atoms with Gasteiger partial charge in [-0.2, -0.15) is 0 Å². The predicted octanol–water partition coefficient (Wildman–Crippen LogP) is 8.64. The van der Waals surface area contributed by atoms with Crippen LogP contribution in [0.15, 0.2) is 89.5 Å². The third-order valence-electron chi connectivity index (χ3n) is 8.13. The number of nitrogens with one attached hydrogen (secondary N) is 3. The molecule has 0 aliphatic heterocycles. The molecule has 1 unspecified atom stereocenters. The topological polar surface area (TPSA) is 114 Å². The molecule has 1 aromatic heterocycles. The highest BCUT2D eigenvalue weighted by atomic mass is 32.2. The highest BCUT2D eigenvalue weighted by Crippen LogP contribution is 2.38. The smallest absolute Gasteiger partial charge is 0.341 e. The molecule has 3 amide bonds. The van der Waals surface area contributed by atoms with Crippen molar-refractivity contribution in [1.82, 2.24) is 5.32 Å². The number of fused-ring (bicyclic) bond motifs is 1. The number of amides is 3. The number of hydrogen-bond donors (Lipinski definition) is 3. The van der Waals surface area contributed by atoms with Crippen LogP contribution < -0.4 is 16.0 Å². The third-order valence-corrected chi connectivity index (χ3v) is 10.7. The Balaban J connectivity index is 1.32. The number of esters is 1. The number of carbonyl (C=O) groups excluding carboxylic acids is 4. The van der Waals surface area contributed by atoms with Gasteiger partial charge in [0.2, 0.25) is 5.91 Å². The molecule has 1 aliphatic rings. The van der Waals surface area contributed by atoms with Gasteiger partial charge < -0.3 is 20.7 Å². The summed E-state index contributed by atoms with van der Waals surface area (Å²) in [5.74, 6) is -2.10. The summed E-state index contributed by atoms with van der Waals surface area (Å²) in [6.45, 7) is 3.95. The number of hydrogen-bond acceptors (Lipinski definition) is 7. The van der Waals surface area contributed by atoms with Gasteiger partial charge >= 0.3 is 5.97 Å². The number of aryl methyl sites for hydroxylation is 1. The van der Waals surface area contributed by atoms with E-state index in [0.717, 1.165) is 53.9 Å². The van der Waals surface area contributed by atoms with Crippen LogP contribution in [0.1, 0.15) is 82.7 Å². The van der Waals surface area contributed by atoms with Gasteiger partial charge in [-0.3, -0.25) is 14.4 Å². The summed E-state index contributed by atoms with van der Waals surface area (Å²) < 4.78 is 19.0. The van der Waals surface area contributed by atoms with Crippen LogP contribution in [0.3, 0.4) is 0 Å². The molecule has 0 bridgehead atoms. The van der Waals surface area contributed by atoms with Crippen molar-refractivity contribution in [1.29, 1.82) is 0 Å². The average molecular weight is 714 g/mol. The van der Waals surface area contributed by atoms with Gasteiger partial charge in [-0.05, 0) is 98.7 Å². The Morgan fingerprint density at radius 2 is 1.64 bits per heavy atom. The molecule has 3 aromatic carbocycles. The summed E-state index contributed by atoms with van der Waals surface area (Å²) in [7, 11) is 0. The summed E-state index contributed by atoms with van der Waals surface area (Å²) in [5.41, 5.74) is 2.80. The number of halogens is 1. The number of rotatable bonds is 12. The standard InChI is InChI=1S/C39H40FN3O5S2/c1-3-32(37(46)43-38-34(39(47)48-4-2)30-17-10-5-6-11-18-33(30)50-38)49-29-16-12-15-28(24-29)41-36(45)31(23-25-19-21-27(40)22-20-25)42-35(44)26-13-8-7-9-14-26/h7-9,12-16,19-24,32H,3-6,10-11,17-18H2,1-2H3,(H,41,45)(H,42,44)(H,43,46)/b31-23+. The van der Waals surface area contributed by atoms with Gasteiger partial charge in [0.1, 0.15) is 16.5 Å². The van der Waals surface area contributed by atoms with E-state index in [2.05, 4.69) is 16.0 Å². The Hall–Kier alpha value is -4.74. The van der Waals surface area contributed by atoms with Gasteiger partial charge in [-0.1, -0.05) is 56.2 Å². The number of thiophene rings is 1. The van der Waals surface area contributed by atoms with E-state index in [0.29, 0.717) is 33.8 Å². The second-order valence-electron chi connectivity index (χ2n) is 11.8. The van der Waals surface area contributed by atoms with Crippen molar-refractivity contribution in [2.45, 2.75) is 68.9 Å². The van der Waals surface area contributed by atoms with E-state index in [4.69, 9.17) is 4.74 Å². The van der Waals surface area contributed by atoms with E-state index in [9.17, 15) is 23.6 Å². The molecule has 0 fully saturated rings. The van der Waals surface area contributed by atoms with E-state index in [1.807, 2.05) is 13.0 Å². The van der Waals surface area contributed by atoms with Crippen LogP contribution in [0.5, 0.6) is 0 Å². The molecule has 1 heterocycles. The lowest BCUT2D eigenvalue weighted by atomic mass is 9.96.